The predicted molar refractivity (Wildman–Crippen MR) is 96.4 cm³/mol. The molecule has 0 fully saturated rings. The first-order valence-corrected chi connectivity index (χ1v) is 8.03. The van der Waals surface area contributed by atoms with Crippen molar-refractivity contribution in [2.24, 2.45) is 5.92 Å². The van der Waals surface area contributed by atoms with E-state index in [0.29, 0.717) is 0 Å². The number of H-pyrrole nitrogens is 1. The van der Waals surface area contributed by atoms with Gasteiger partial charge in [0, 0.05) is 16.0 Å². The van der Waals surface area contributed by atoms with Crippen LogP contribution in [0.2, 0.25) is 0 Å². The molecule has 0 spiro atoms. The smallest absolute Gasteiger partial charge is 0.405 e. The molecule has 0 saturated heterocycles. The number of carbonyl (C=O) groups is 2. The van der Waals surface area contributed by atoms with Crippen LogP contribution in [0.15, 0.2) is 18.5 Å². The first-order chi connectivity index (χ1) is 13.0. The van der Waals surface area contributed by atoms with E-state index < -0.39 is 48.2 Å². The summed E-state index contributed by atoms with van der Waals surface area (Å²) in [6.45, 7) is 1.61. The van der Waals surface area contributed by atoms with Crippen LogP contribution in [0.1, 0.15) is 28.6 Å². The van der Waals surface area contributed by atoms with Crippen LogP contribution in [-0.2, 0) is 4.79 Å². The molecule has 4 N–H and O–H groups in total. The molecule has 8 nitrogen and oxygen atoms in total. The largest absolute Gasteiger partial charge is 0.477 e. The standard InChI is InChI=1S/C16H17F4N5O3.3H2/c1-7(2)11(14(26)23-6-16(18,19)20)24-13-9(17)5-22-12(25-13)8-3-10(15(27)28)21-4-8;;;/h3-5,7,11,21H,6H2,1-2H3,(H,23,26)(H,27,28)(H,22,24,25);3*1H/t11-;;;/m1.../s1. The van der Waals surface area contributed by atoms with Crippen LogP contribution in [0.3, 0.4) is 0 Å². The van der Waals surface area contributed by atoms with Gasteiger partial charge >= 0.3 is 12.1 Å². The second-order valence-electron chi connectivity index (χ2n) is 6.20. The summed E-state index contributed by atoms with van der Waals surface area (Å²) < 4.78 is 51.0. The number of nitrogens with zero attached hydrogens (tertiary/aromatic N) is 2. The van der Waals surface area contributed by atoms with E-state index in [4.69, 9.17) is 5.11 Å². The van der Waals surface area contributed by atoms with Crippen molar-refractivity contribution >= 4 is 17.7 Å². The average molecular weight is 409 g/mol. The van der Waals surface area contributed by atoms with Gasteiger partial charge in [0.2, 0.25) is 5.91 Å². The van der Waals surface area contributed by atoms with Crippen LogP contribution in [0.4, 0.5) is 23.4 Å². The molecule has 0 aliphatic heterocycles. The highest BCUT2D eigenvalue weighted by Gasteiger charge is 2.31. The molecule has 158 valence electrons. The highest BCUT2D eigenvalue weighted by atomic mass is 19.4. The van der Waals surface area contributed by atoms with Crippen molar-refractivity contribution in [2.75, 3.05) is 11.9 Å². The Bertz CT molecular complexity index is 880. The van der Waals surface area contributed by atoms with Gasteiger partial charge in [-0.15, -0.1) is 0 Å². The Morgan fingerprint density at radius 3 is 2.57 bits per heavy atom. The van der Waals surface area contributed by atoms with Crippen molar-refractivity contribution in [1.82, 2.24) is 20.3 Å². The van der Waals surface area contributed by atoms with Gasteiger partial charge in [-0.1, -0.05) is 13.8 Å². The Kier molecular flexibility index (Phi) is 6.21. The number of anilines is 1. The lowest BCUT2D eigenvalue weighted by Crippen LogP contribution is -2.46. The second-order valence-corrected chi connectivity index (χ2v) is 6.20. The topological polar surface area (TPSA) is 120 Å². The highest BCUT2D eigenvalue weighted by Crippen LogP contribution is 2.21. The Labute approximate surface area is 160 Å². The van der Waals surface area contributed by atoms with Crippen LogP contribution in [0, 0.1) is 11.7 Å². The fourth-order valence-corrected chi connectivity index (χ4v) is 2.23. The third kappa shape index (κ3) is 5.41. The van der Waals surface area contributed by atoms with Gasteiger partial charge in [0.25, 0.3) is 0 Å². The zero-order valence-electron chi connectivity index (χ0n) is 14.8. The number of nitrogens with one attached hydrogen (secondary N) is 3. The first kappa shape index (κ1) is 21.1. The van der Waals surface area contributed by atoms with Gasteiger partial charge in [0.15, 0.2) is 17.5 Å². The summed E-state index contributed by atoms with van der Waals surface area (Å²) in [6.07, 6.45) is -2.47. The molecule has 12 heteroatoms. The maximum Gasteiger partial charge on any atom is 0.405 e. The molecule has 0 saturated carbocycles. The Balaban J connectivity index is 0. The first-order valence-electron chi connectivity index (χ1n) is 8.03. The molecule has 0 unspecified atom stereocenters. The quantitative estimate of drug-likeness (QED) is 0.522. The summed E-state index contributed by atoms with van der Waals surface area (Å²) in [5.74, 6) is -4.03. The van der Waals surface area contributed by atoms with Crippen molar-refractivity contribution in [3.63, 3.8) is 0 Å². The third-order valence-electron chi connectivity index (χ3n) is 3.62. The van der Waals surface area contributed by atoms with E-state index >= 15 is 0 Å². The lowest BCUT2D eigenvalue weighted by atomic mass is 10.0. The number of amides is 1. The number of halogens is 4. The molecule has 2 heterocycles. The maximum absolute atomic E-state index is 14.1. The van der Waals surface area contributed by atoms with E-state index in [1.165, 1.54) is 12.3 Å². The highest BCUT2D eigenvalue weighted by molar-refractivity contribution is 5.87. The van der Waals surface area contributed by atoms with Crippen LogP contribution in [0.5, 0.6) is 0 Å². The molecule has 1 atom stereocenters. The number of aromatic nitrogens is 3. The van der Waals surface area contributed by atoms with Gasteiger partial charge < -0.3 is 20.7 Å². The third-order valence-corrected chi connectivity index (χ3v) is 3.62. The molecule has 0 aliphatic rings. The van der Waals surface area contributed by atoms with Crippen LogP contribution < -0.4 is 10.6 Å². The summed E-state index contributed by atoms with van der Waals surface area (Å²) in [5.41, 5.74) is 0.118. The van der Waals surface area contributed by atoms with Crippen molar-refractivity contribution in [1.29, 1.82) is 0 Å². The molecule has 2 aromatic heterocycles. The number of hydrogen-bond donors (Lipinski definition) is 4. The Hall–Kier alpha value is -3.18. The number of aromatic amines is 1. The SMILES string of the molecule is CC(C)[C@@H](Nc1nc(-c2c[nH]c(C(=O)O)c2)ncc1F)C(=O)NCC(F)(F)F.[HH].[HH].[HH]. The minimum atomic E-state index is -4.58. The van der Waals surface area contributed by atoms with Crippen molar-refractivity contribution in [3.05, 3.63) is 30.0 Å². The normalized spacial score (nSPS) is 12.7. The molecule has 0 aliphatic carbocycles. The van der Waals surface area contributed by atoms with Crippen LogP contribution >= 0.6 is 0 Å². The average Bonchev–Trinajstić information content (AvgIpc) is 3.08. The van der Waals surface area contributed by atoms with Crippen molar-refractivity contribution < 1.29 is 36.5 Å². The molecular formula is C16H23F4N5O3. The van der Waals surface area contributed by atoms with Gasteiger partial charge in [-0.25, -0.2) is 19.2 Å². The van der Waals surface area contributed by atoms with Gasteiger partial charge in [0.1, 0.15) is 18.3 Å². The van der Waals surface area contributed by atoms with E-state index in [9.17, 15) is 27.2 Å². The molecule has 0 bridgehead atoms. The molecule has 2 rings (SSSR count). The fraction of sp³-hybridized carbons (Fsp3) is 0.375. The molecule has 0 aromatic carbocycles. The van der Waals surface area contributed by atoms with Crippen LogP contribution in [-0.4, -0.2) is 50.7 Å². The Morgan fingerprint density at radius 2 is 2.04 bits per heavy atom. The monoisotopic (exact) mass is 409 g/mol. The second kappa shape index (κ2) is 8.23. The molecule has 0 radical (unpaired) electrons. The number of carboxylic acids is 1. The zero-order valence-corrected chi connectivity index (χ0v) is 14.8. The number of carboxylic acid groups (broad SMARTS) is 1. The molecule has 2 aromatic rings. The molecule has 1 amide bonds. The van der Waals surface area contributed by atoms with E-state index in [-0.39, 0.29) is 21.4 Å². The number of aromatic carboxylic acids is 1. The zero-order chi connectivity index (χ0) is 21.1. The van der Waals surface area contributed by atoms with Gasteiger partial charge in [-0.05, 0) is 12.0 Å². The number of alkyl halides is 3. The van der Waals surface area contributed by atoms with Crippen molar-refractivity contribution in [2.45, 2.75) is 26.1 Å². The summed E-state index contributed by atoms with van der Waals surface area (Å²) in [7, 11) is 0. The lowest BCUT2D eigenvalue weighted by Gasteiger charge is -2.23. The minimum absolute atomic E-state index is 0. The number of rotatable bonds is 7. The fourth-order valence-electron chi connectivity index (χ4n) is 2.23. The lowest BCUT2D eigenvalue weighted by molar-refractivity contribution is -0.139. The van der Waals surface area contributed by atoms with Crippen LogP contribution in [0.25, 0.3) is 11.4 Å². The minimum Gasteiger partial charge on any atom is -0.477 e. The van der Waals surface area contributed by atoms with E-state index in [0.717, 1.165) is 6.20 Å². The molecular weight excluding hydrogens is 386 g/mol. The van der Waals surface area contributed by atoms with Gasteiger partial charge in [-0.3, -0.25) is 4.79 Å². The van der Waals surface area contributed by atoms with Gasteiger partial charge in [-0.2, -0.15) is 13.2 Å². The summed E-state index contributed by atoms with van der Waals surface area (Å²) in [6, 6.07) is 0.0374. The summed E-state index contributed by atoms with van der Waals surface area (Å²) >= 11 is 0. The van der Waals surface area contributed by atoms with Crippen molar-refractivity contribution in [3.8, 4) is 11.4 Å². The predicted octanol–water partition coefficient (Wildman–Crippen LogP) is 3.16. The summed E-state index contributed by atoms with van der Waals surface area (Å²) in [4.78, 5) is 33.2. The van der Waals surface area contributed by atoms with E-state index in [1.54, 1.807) is 19.2 Å². The van der Waals surface area contributed by atoms with E-state index in [1.807, 2.05) is 0 Å². The summed E-state index contributed by atoms with van der Waals surface area (Å²) in [5, 5.41) is 13.2. The van der Waals surface area contributed by atoms with Gasteiger partial charge in [0.05, 0.1) is 6.20 Å². The number of carbonyl (C=O) groups excluding carboxylic acids is 1. The maximum atomic E-state index is 14.1. The number of hydrogen-bond acceptors (Lipinski definition) is 5. The Morgan fingerprint density at radius 1 is 1.36 bits per heavy atom. The molecule has 28 heavy (non-hydrogen) atoms. The van der Waals surface area contributed by atoms with E-state index in [2.05, 4.69) is 20.3 Å².